The molecule has 0 saturated carbocycles. The molecule has 23 heavy (non-hydrogen) atoms. The summed E-state index contributed by atoms with van der Waals surface area (Å²) in [7, 11) is 0. The molecule has 3 aromatic rings. The van der Waals surface area contributed by atoms with Gasteiger partial charge in [0.15, 0.2) is 17.6 Å². The molecular formula is C14H14N4O5. The Balaban J connectivity index is 1.80. The van der Waals surface area contributed by atoms with E-state index in [1.807, 2.05) is 0 Å². The van der Waals surface area contributed by atoms with Crippen LogP contribution in [0.3, 0.4) is 0 Å². The van der Waals surface area contributed by atoms with Gasteiger partial charge < -0.3 is 24.5 Å². The molecule has 0 spiro atoms. The van der Waals surface area contributed by atoms with E-state index in [9.17, 15) is 15.3 Å². The van der Waals surface area contributed by atoms with Crippen molar-refractivity contribution in [1.82, 2.24) is 19.5 Å². The fourth-order valence-electron chi connectivity index (χ4n) is 2.74. The number of aliphatic hydroxyl groups is 3. The van der Waals surface area contributed by atoms with E-state index in [1.54, 1.807) is 12.1 Å². The second-order valence-electron chi connectivity index (χ2n) is 5.25. The number of aliphatic hydroxyl groups excluding tert-OH is 3. The third kappa shape index (κ3) is 2.13. The first kappa shape index (κ1) is 14.3. The van der Waals surface area contributed by atoms with Crippen LogP contribution in [-0.4, -0.2) is 59.8 Å². The topological polar surface area (TPSA) is 127 Å². The number of ether oxygens (including phenoxy) is 1. The van der Waals surface area contributed by atoms with Crippen molar-refractivity contribution >= 4 is 11.2 Å². The highest BCUT2D eigenvalue weighted by molar-refractivity contribution is 5.85. The summed E-state index contributed by atoms with van der Waals surface area (Å²) in [6.07, 6.45) is 0.198. The number of nitrogens with zero attached hydrogens (tertiary/aromatic N) is 4. The minimum absolute atomic E-state index is 0.395. The Morgan fingerprint density at radius 2 is 2.04 bits per heavy atom. The third-order valence-electron chi connectivity index (χ3n) is 3.90. The lowest BCUT2D eigenvalue weighted by molar-refractivity contribution is -0.0511. The van der Waals surface area contributed by atoms with Gasteiger partial charge in [0.1, 0.15) is 35.8 Å². The van der Waals surface area contributed by atoms with E-state index in [4.69, 9.17) is 9.15 Å². The first-order chi connectivity index (χ1) is 11.2. The average molecular weight is 318 g/mol. The van der Waals surface area contributed by atoms with Crippen molar-refractivity contribution < 1.29 is 24.5 Å². The summed E-state index contributed by atoms with van der Waals surface area (Å²) in [5.41, 5.74) is 1.44. The Morgan fingerprint density at radius 1 is 1.17 bits per heavy atom. The summed E-state index contributed by atoms with van der Waals surface area (Å²) in [6, 6.07) is 3.50. The number of hydrogen-bond donors (Lipinski definition) is 3. The van der Waals surface area contributed by atoms with Crippen LogP contribution < -0.4 is 0 Å². The SMILES string of the molecule is OC[C@@H]1O[C@H](n2cnc3c(-c4ccco4)ncnc32)[C@@H](O)[C@H]1O. The maximum absolute atomic E-state index is 10.1. The van der Waals surface area contributed by atoms with Gasteiger partial charge in [-0.05, 0) is 12.1 Å². The number of hydrogen-bond acceptors (Lipinski definition) is 8. The monoisotopic (exact) mass is 318 g/mol. The largest absolute Gasteiger partial charge is 0.463 e. The first-order valence-electron chi connectivity index (χ1n) is 7.04. The number of furan rings is 1. The van der Waals surface area contributed by atoms with Gasteiger partial charge in [0.05, 0.1) is 19.2 Å². The van der Waals surface area contributed by atoms with Crippen molar-refractivity contribution in [3.05, 3.63) is 31.1 Å². The highest BCUT2D eigenvalue weighted by atomic mass is 16.6. The highest BCUT2D eigenvalue weighted by Crippen LogP contribution is 2.32. The molecule has 1 fully saturated rings. The normalized spacial score (nSPS) is 27.8. The molecule has 4 rings (SSSR count). The number of rotatable bonds is 3. The molecule has 0 unspecified atom stereocenters. The van der Waals surface area contributed by atoms with E-state index in [1.165, 1.54) is 23.5 Å². The number of imidazole rings is 1. The van der Waals surface area contributed by atoms with Crippen LogP contribution in [-0.2, 0) is 4.74 Å². The highest BCUT2D eigenvalue weighted by Gasteiger charge is 2.44. The molecule has 0 aliphatic carbocycles. The van der Waals surface area contributed by atoms with E-state index < -0.39 is 31.1 Å². The van der Waals surface area contributed by atoms with E-state index in [2.05, 4.69) is 15.0 Å². The fraction of sp³-hybridized carbons (Fsp3) is 0.357. The number of fused-ring (bicyclic) bond motifs is 1. The summed E-state index contributed by atoms with van der Waals surface area (Å²) in [5, 5.41) is 29.2. The summed E-state index contributed by atoms with van der Waals surface area (Å²) < 4.78 is 12.4. The molecule has 3 N–H and O–H groups in total. The van der Waals surface area contributed by atoms with Crippen molar-refractivity contribution in [3.8, 4) is 11.5 Å². The Morgan fingerprint density at radius 3 is 2.74 bits per heavy atom. The van der Waals surface area contributed by atoms with E-state index >= 15 is 0 Å². The maximum atomic E-state index is 10.1. The van der Waals surface area contributed by atoms with Gasteiger partial charge in [0.25, 0.3) is 0 Å². The fourth-order valence-corrected chi connectivity index (χ4v) is 2.74. The van der Waals surface area contributed by atoms with Gasteiger partial charge in [0, 0.05) is 0 Å². The van der Waals surface area contributed by atoms with Gasteiger partial charge in [-0.1, -0.05) is 0 Å². The van der Waals surface area contributed by atoms with Gasteiger partial charge in [0.2, 0.25) is 0 Å². The Hall–Kier alpha value is -2.33. The van der Waals surface area contributed by atoms with Crippen LogP contribution >= 0.6 is 0 Å². The molecule has 0 amide bonds. The van der Waals surface area contributed by atoms with E-state index in [-0.39, 0.29) is 0 Å². The molecule has 3 aromatic heterocycles. The van der Waals surface area contributed by atoms with Crippen molar-refractivity contribution in [2.45, 2.75) is 24.5 Å². The quantitative estimate of drug-likeness (QED) is 0.600. The van der Waals surface area contributed by atoms with Crippen LogP contribution in [0.4, 0.5) is 0 Å². The molecule has 120 valence electrons. The zero-order valence-electron chi connectivity index (χ0n) is 11.9. The van der Waals surface area contributed by atoms with Crippen LogP contribution in [0.1, 0.15) is 6.23 Å². The lowest BCUT2D eigenvalue weighted by Crippen LogP contribution is -2.33. The molecule has 1 saturated heterocycles. The molecule has 0 radical (unpaired) electrons. The van der Waals surface area contributed by atoms with Gasteiger partial charge in [-0.2, -0.15) is 0 Å². The molecule has 1 aliphatic heterocycles. The van der Waals surface area contributed by atoms with Crippen molar-refractivity contribution in [2.24, 2.45) is 0 Å². The Labute approximate surface area is 129 Å². The smallest absolute Gasteiger partial charge is 0.166 e. The van der Waals surface area contributed by atoms with Crippen molar-refractivity contribution in [3.63, 3.8) is 0 Å². The minimum atomic E-state index is -1.20. The summed E-state index contributed by atoms with van der Waals surface area (Å²) in [5.74, 6) is 0.545. The van der Waals surface area contributed by atoms with Gasteiger partial charge in [-0.15, -0.1) is 0 Å². The molecule has 4 heterocycles. The first-order valence-corrected chi connectivity index (χ1v) is 7.04. The molecule has 1 aliphatic rings. The zero-order chi connectivity index (χ0) is 16.0. The summed E-state index contributed by atoms with van der Waals surface area (Å²) in [6.45, 7) is -0.395. The van der Waals surface area contributed by atoms with Crippen LogP contribution in [0.25, 0.3) is 22.6 Å². The predicted molar refractivity (Wildman–Crippen MR) is 76.0 cm³/mol. The molecule has 4 atom stereocenters. The van der Waals surface area contributed by atoms with Gasteiger partial charge in [-0.3, -0.25) is 4.57 Å². The van der Waals surface area contributed by atoms with Crippen LogP contribution in [0.2, 0.25) is 0 Å². The minimum Gasteiger partial charge on any atom is -0.463 e. The van der Waals surface area contributed by atoms with E-state index in [0.717, 1.165) is 0 Å². The molecule has 0 bridgehead atoms. The van der Waals surface area contributed by atoms with E-state index in [0.29, 0.717) is 22.6 Å². The Kier molecular flexibility index (Phi) is 3.34. The average Bonchev–Trinajstić information content (AvgIpc) is 3.28. The standard InChI is InChI=1S/C14H14N4O5/c19-4-8-11(20)12(21)14(23-8)18-6-17-10-9(7-2-1-3-22-7)15-5-16-13(10)18/h1-3,5-6,8,11-12,14,19-21H,4H2/t8-,11-,12-,14-/m0/s1. The summed E-state index contributed by atoms with van der Waals surface area (Å²) >= 11 is 0. The zero-order valence-corrected chi connectivity index (χ0v) is 11.9. The maximum Gasteiger partial charge on any atom is 0.166 e. The second-order valence-corrected chi connectivity index (χ2v) is 5.25. The molecular weight excluding hydrogens is 304 g/mol. The second kappa shape index (κ2) is 5.39. The molecule has 9 nitrogen and oxygen atoms in total. The lowest BCUT2D eigenvalue weighted by Gasteiger charge is -2.16. The summed E-state index contributed by atoms with van der Waals surface area (Å²) in [4.78, 5) is 12.6. The number of aromatic nitrogens is 4. The van der Waals surface area contributed by atoms with Crippen LogP contribution in [0, 0.1) is 0 Å². The Bertz CT molecular complexity index is 818. The van der Waals surface area contributed by atoms with Gasteiger partial charge in [-0.25, -0.2) is 15.0 Å². The van der Waals surface area contributed by atoms with Crippen molar-refractivity contribution in [2.75, 3.05) is 6.61 Å². The predicted octanol–water partition coefficient (Wildman–Crippen LogP) is -0.302. The molecule has 9 heteroatoms. The lowest BCUT2D eigenvalue weighted by atomic mass is 10.1. The third-order valence-corrected chi connectivity index (χ3v) is 3.90. The molecule has 0 aromatic carbocycles. The van der Waals surface area contributed by atoms with Crippen LogP contribution in [0.15, 0.2) is 35.5 Å². The van der Waals surface area contributed by atoms with Crippen molar-refractivity contribution in [1.29, 1.82) is 0 Å². The van der Waals surface area contributed by atoms with Crippen LogP contribution in [0.5, 0.6) is 0 Å². The van der Waals surface area contributed by atoms with Gasteiger partial charge >= 0.3 is 0 Å².